The van der Waals surface area contributed by atoms with E-state index >= 15 is 0 Å². The molecule has 1 saturated heterocycles. The van der Waals surface area contributed by atoms with Gasteiger partial charge in [0.05, 0.1) is 22.3 Å². The second-order valence-corrected chi connectivity index (χ2v) is 9.32. The van der Waals surface area contributed by atoms with Crippen LogP contribution in [0, 0.1) is 0 Å². The Bertz CT molecular complexity index is 1350. The van der Waals surface area contributed by atoms with Gasteiger partial charge in [-0.2, -0.15) is 0 Å². The molecule has 0 aliphatic carbocycles. The van der Waals surface area contributed by atoms with Gasteiger partial charge in [-0.05, 0) is 49.1 Å². The van der Waals surface area contributed by atoms with Crippen LogP contribution in [0.3, 0.4) is 0 Å². The summed E-state index contributed by atoms with van der Waals surface area (Å²) in [5.41, 5.74) is 2.56. The molecular formula is C25H27N5O2S. The van der Waals surface area contributed by atoms with E-state index in [1.807, 2.05) is 57.8 Å². The third-order valence-corrected chi connectivity index (χ3v) is 7.19. The van der Waals surface area contributed by atoms with Gasteiger partial charge in [0.15, 0.2) is 5.16 Å². The molecule has 0 bridgehead atoms. The fraction of sp³-hybridized carbons (Fsp3) is 0.360. The van der Waals surface area contributed by atoms with E-state index in [0.717, 1.165) is 43.6 Å². The molecule has 7 nitrogen and oxygen atoms in total. The number of rotatable bonds is 5. The summed E-state index contributed by atoms with van der Waals surface area (Å²) in [5, 5.41) is 9.97. The van der Waals surface area contributed by atoms with Gasteiger partial charge in [0.1, 0.15) is 0 Å². The molecule has 0 atom stereocenters. The molecule has 1 amide bonds. The van der Waals surface area contributed by atoms with Gasteiger partial charge in [0.25, 0.3) is 5.56 Å². The molecule has 4 aromatic rings. The fourth-order valence-electron chi connectivity index (χ4n) is 4.42. The molecule has 8 heteroatoms. The summed E-state index contributed by atoms with van der Waals surface area (Å²) < 4.78 is 3.50. The number of thioether (sulfide) groups is 1. The topological polar surface area (TPSA) is 72.5 Å². The third kappa shape index (κ3) is 4.15. The molecule has 2 aromatic carbocycles. The molecule has 2 aromatic heterocycles. The Kier molecular flexibility index (Phi) is 6.17. The summed E-state index contributed by atoms with van der Waals surface area (Å²) in [6.45, 7) is 3.76. The highest BCUT2D eigenvalue weighted by molar-refractivity contribution is 7.99. The number of hydrogen-bond donors (Lipinski definition) is 0. The maximum absolute atomic E-state index is 13.4. The lowest BCUT2D eigenvalue weighted by atomic mass is 10.1. The van der Waals surface area contributed by atoms with Gasteiger partial charge in [0, 0.05) is 13.1 Å². The SMILES string of the molecule is CCc1ccc(-n2c(=O)c3ccccc3n3c(SCC(=O)N4CCCCCC4)nnc23)cc1. The minimum atomic E-state index is -0.132. The van der Waals surface area contributed by atoms with Gasteiger partial charge in [-0.3, -0.25) is 14.0 Å². The zero-order chi connectivity index (χ0) is 22.8. The normalized spacial score (nSPS) is 14.6. The lowest BCUT2D eigenvalue weighted by molar-refractivity contribution is -0.128. The second-order valence-electron chi connectivity index (χ2n) is 8.38. The first kappa shape index (κ1) is 21.7. The van der Waals surface area contributed by atoms with Crippen LogP contribution in [0.4, 0.5) is 0 Å². The number of likely N-dealkylation sites (tertiary alicyclic amines) is 1. The second kappa shape index (κ2) is 9.39. The standard InChI is InChI=1S/C25H27N5O2S/c1-2-18-11-13-19(14-12-18)29-23(32)20-9-5-6-10-21(20)30-24(29)26-27-25(30)33-17-22(31)28-15-7-3-4-8-16-28/h5-6,9-14H,2-4,7-8,15-17H2,1H3. The summed E-state index contributed by atoms with van der Waals surface area (Å²) >= 11 is 1.38. The number of carbonyl (C=O) groups excluding carboxylic acids is 1. The molecule has 0 saturated carbocycles. The van der Waals surface area contributed by atoms with Crippen LogP contribution in [0.5, 0.6) is 0 Å². The average Bonchev–Trinajstić information content (AvgIpc) is 3.07. The maximum Gasteiger partial charge on any atom is 0.267 e. The Morgan fingerprint density at radius 3 is 2.42 bits per heavy atom. The van der Waals surface area contributed by atoms with Crippen molar-refractivity contribution in [3.8, 4) is 5.69 Å². The largest absolute Gasteiger partial charge is 0.342 e. The van der Waals surface area contributed by atoms with Gasteiger partial charge < -0.3 is 4.90 Å². The van der Waals surface area contributed by atoms with Crippen molar-refractivity contribution >= 4 is 34.3 Å². The number of hydrogen-bond acceptors (Lipinski definition) is 5. The van der Waals surface area contributed by atoms with Gasteiger partial charge >= 0.3 is 0 Å². The molecule has 5 rings (SSSR count). The molecule has 3 heterocycles. The highest BCUT2D eigenvalue weighted by Gasteiger charge is 2.20. The zero-order valence-corrected chi connectivity index (χ0v) is 19.6. The minimum Gasteiger partial charge on any atom is -0.342 e. The Morgan fingerprint density at radius 1 is 0.970 bits per heavy atom. The molecule has 0 N–H and O–H groups in total. The van der Waals surface area contributed by atoms with Crippen molar-refractivity contribution < 1.29 is 4.79 Å². The van der Waals surface area contributed by atoms with Crippen molar-refractivity contribution in [1.82, 2.24) is 24.1 Å². The monoisotopic (exact) mass is 461 g/mol. The van der Waals surface area contributed by atoms with Gasteiger partial charge in [-0.25, -0.2) is 4.57 Å². The van der Waals surface area contributed by atoms with E-state index in [1.165, 1.54) is 30.2 Å². The zero-order valence-electron chi connectivity index (χ0n) is 18.7. The highest BCUT2D eigenvalue weighted by atomic mass is 32.2. The van der Waals surface area contributed by atoms with Crippen molar-refractivity contribution in [2.24, 2.45) is 0 Å². The first-order chi connectivity index (χ1) is 16.2. The number of aromatic nitrogens is 4. The molecule has 1 fully saturated rings. The number of para-hydroxylation sites is 1. The van der Waals surface area contributed by atoms with Crippen molar-refractivity contribution in [2.45, 2.75) is 44.2 Å². The molecule has 1 aliphatic rings. The van der Waals surface area contributed by atoms with E-state index in [0.29, 0.717) is 22.1 Å². The van der Waals surface area contributed by atoms with Crippen molar-refractivity contribution in [1.29, 1.82) is 0 Å². The van der Waals surface area contributed by atoms with Gasteiger partial charge in [-0.15, -0.1) is 10.2 Å². The van der Waals surface area contributed by atoms with Crippen molar-refractivity contribution in [3.05, 3.63) is 64.4 Å². The van der Waals surface area contributed by atoms with E-state index in [-0.39, 0.29) is 11.5 Å². The molecule has 1 aliphatic heterocycles. The van der Waals surface area contributed by atoms with E-state index in [9.17, 15) is 9.59 Å². The van der Waals surface area contributed by atoms with Crippen LogP contribution in [0.25, 0.3) is 22.4 Å². The molecule has 0 spiro atoms. The quantitative estimate of drug-likeness (QED) is 0.419. The fourth-order valence-corrected chi connectivity index (χ4v) is 5.27. The molecule has 33 heavy (non-hydrogen) atoms. The van der Waals surface area contributed by atoms with E-state index in [2.05, 4.69) is 17.1 Å². The summed E-state index contributed by atoms with van der Waals surface area (Å²) in [6.07, 6.45) is 5.44. The Morgan fingerprint density at radius 2 is 1.70 bits per heavy atom. The van der Waals surface area contributed by atoms with Crippen molar-refractivity contribution in [3.63, 3.8) is 0 Å². The smallest absolute Gasteiger partial charge is 0.267 e. The first-order valence-electron chi connectivity index (χ1n) is 11.6. The van der Waals surface area contributed by atoms with Crippen LogP contribution in [0.15, 0.2) is 58.5 Å². The van der Waals surface area contributed by atoms with Crippen LogP contribution in [0.2, 0.25) is 0 Å². The van der Waals surface area contributed by atoms with Crippen LogP contribution >= 0.6 is 11.8 Å². The number of fused-ring (bicyclic) bond motifs is 3. The number of amides is 1. The van der Waals surface area contributed by atoms with Gasteiger partial charge in [-0.1, -0.05) is 55.8 Å². The molecule has 0 radical (unpaired) electrons. The molecular weight excluding hydrogens is 434 g/mol. The average molecular weight is 462 g/mol. The predicted molar refractivity (Wildman–Crippen MR) is 131 cm³/mol. The Labute approximate surface area is 196 Å². The minimum absolute atomic E-state index is 0.131. The van der Waals surface area contributed by atoms with Crippen LogP contribution in [0.1, 0.15) is 38.2 Å². The Balaban J connectivity index is 1.56. The summed E-state index contributed by atoms with van der Waals surface area (Å²) in [6, 6.07) is 15.4. The number of carbonyl (C=O) groups is 1. The number of nitrogens with zero attached hydrogens (tertiary/aromatic N) is 5. The number of aryl methyl sites for hydroxylation is 1. The Hall–Kier alpha value is -3.13. The summed E-state index contributed by atoms with van der Waals surface area (Å²) in [5.74, 6) is 0.888. The highest BCUT2D eigenvalue weighted by Crippen LogP contribution is 2.24. The lowest BCUT2D eigenvalue weighted by Gasteiger charge is -2.19. The maximum atomic E-state index is 13.4. The predicted octanol–water partition coefficient (Wildman–Crippen LogP) is 4.09. The summed E-state index contributed by atoms with van der Waals surface area (Å²) in [7, 11) is 0. The lowest BCUT2D eigenvalue weighted by Crippen LogP contribution is -2.33. The van der Waals surface area contributed by atoms with Crippen LogP contribution in [-0.2, 0) is 11.2 Å². The van der Waals surface area contributed by atoms with Crippen LogP contribution < -0.4 is 5.56 Å². The first-order valence-corrected chi connectivity index (χ1v) is 12.5. The van der Waals surface area contributed by atoms with E-state index in [4.69, 9.17) is 0 Å². The summed E-state index contributed by atoms with van der Waals surface area (Å²) in [4.78, 5) is 28.2. The number of benzene rings is 2. The van der Waals surface area contributed by atoms with Gasteiger partial charge in [0.2, 0.25) is 11.7 Å². The van der Waals surface area contributed by atoms with E-state index < -0.39 is 0 Å². The molecule has 0 unspecified atom stereocenters. The van der Waals surface area contributed by atoms with E-state index in [1.54, 1.807) is 4.57 Å². The van der Waals surface area contributed by atoms with Crippen molar-refractivity contribution in [2.75, 3.05) is 18.8 Å². The third-order valence-electron chi connectivity index (χ3n) is 6.28. The van der Waals surface area contributed by atoms with Crippen LogP contribution in [-0.4, -0.2) is 48.8 Å². The molecule has 170 valence electrons.